The van der Waals surface area contributed by atoms with Gasteiger partial charge in [-0.15, -0.1) is 0 Å². The third-order valence-corrected chi connectivity index (χ3v) is 3.22. The van der Waals surface area contributed by atoms with Crippen LogP contribution in [0.4, 0.5) is 0 Å². The number of hydrogen-bond donors (Lipinski definition) is 2. The van der Waals surface area contributed by atoms with Crippen molar-refractivity contribution in [1.82, 2.24) is 15.5 Å². The third-order valence-electron chi connectivity index (χ3n) is 2.93. The van der Waals surface area contributed by atoms with Gasteiger partial charge in [-0.2, -0.15) is 4.98 Å². The van der Waals surface area contributed by atoms with Gasteiger partial charge in [0.2, 0.25) is 11.8 Å². The maximum atomic E-state index is 12.2. The highest BCUT2D eigenvalue weighted by atomic mass is 32.1. The summed E-state index contributed by atoms with van der Waals surface area (Å²) in [5.41, 5.74) is 6.68. The van der Waals surface area contributed by atoms with Gasteiger partial charge in [-0.05, 0) is 12.0 Å². The smallest absolute Gasteiger partial charge is 0.230 e. The summed E-state index contributed by atoms with van der Waals surface area (Å²) in [5, 5.41) is 6.43. The van der Waals surface area contributed by atoms with Gasteiger partial charge in [-0.1, -0.05) is 47.7 Å². The normalized spacial score (nSPS) is 11.9. The van der Waals surface area contributed by atoms with Gasteiger partial charge in [0.1, 0.15) is 0 Å². The molecule has 1 atom stereocenters. The zero-order valence-electron chi connectivity index (χ0n) is 11.6. The maximum Gasteiger partial charge on any atom is 0.230 e. The zero-order chi connectivity index (χ0) is 15.2. The molecule has 110 valence electrons. The summed E-state index contributed by atoms with van der Waals surface area (Å²) in [4.78, 5) is 16.4. The van der Waals surface area contributed by atoms with Crippen LogP contribution < -0.4 is 11.1 Å². The molecule has 0 fully saturated rings. The van der Waals surface area contributed by atoms with E-state index >= 15 is 0 Å². The Morgan fingerprint density at radius 2 is 2.14 bits per heavy atom. The summed E-state index contributed by atoms with van der Waals surface area (Å²) in [7, 11) is 0. The molecule has 1 unspecified atom stereocenters. The summed E-state index contributed by atoms with van der Waals surface area (Å²) >= 11 is 4.99. The topological polar surface area (TPSA) is 94.0 Å². The largest absolute Gasteiger partial charge is 0.393 e. The Bertz CT molecular complexity index is 627. The van der Waals surface area contributed by atoms with E-state index in [0.29, 0.717) is 18.1 Å². The number of hydrogen-bond acceptors (Lipinski definition) is 5. The van der Waals surface area contributed by atoms with E-state index in [2.05, 4.69) is 15.5 Å². The molecule has 0 saturated carbocycles. The average molecular weight is 304 g/mol. The highest BCUT2D eigenvalue weighted by Crippen LogP contribution is 2.10. The van der Waals surface area contributed by atoms with E-state index in [9.17, 15) is 4.79 Å². The van der Waals surface area contributed by atoms with Crippen molar-refractivity contribution in [2.75, 3.05) is 0 Å². The average Bonchev–Trinajstić information content (AvgIpc) is 2.89. The summed E-state index contributed by atoms with van der Waals surface area (Å²) in [6.45, 7) is 1.87. The first-order valence-electron chi connectivity index (χ1n) is 6.46. The Balaban J connectivity index is 1.97. The number of nitrogens with zero attached hydrogens (tertiary/aromatic N) is 2. The molecule has 1 aromatic heterocycles. The van der Waals surface area contributed by atoms with Gasteiger partial charge >= 0.3 is 0 Å². The van der Waals surface area contributed by atoms with Crippen LogP contribution in [0.1, 0.15) is 17.3 Å². The number of amides is 1. The molecule has 1 heterocycles. The number of thiocarbonyl (C=S) groups is 1. The van der Waals surface area contributed by atoms with E-state index in [1.807, 2.05) is 30.3 Å². The van der Waals surface area contributed by atoms with Crippen LogP contribution in [0.5, 0.6) is 0 Å². The van der Waals surface area contributed by atoms with Crippen molar-refractivity contribution in [3.8, 4) is 0 Å². The molecule has 1 aromatic carbocycles. The van der Waals surface area contributed by atoms with Gasteiger partial charge in [-0.25, -0.2) is 0 Å². The van der Waals surface area contributed by atoms with Crippen molar-refractivity contribution in [1.29, 1.82) is 0 Å². The van der Waals surface area contributed by atoms with Crippen LogP contribution in [0, 0.1) is 12.8 Å². The molecule has 0 aliphatic rings. The molecule has 6 nitrogen and oxygen atoms in total. The van der Waals surface area contributed by atoms with Crippen LogP contribution in [0.15, 0.2) is 34.9 Å². The van der Waals surface area contributed by atoms with Gasteiger partial charge in [-0.3, -0.25) is 4.79 Å². The van der Waals surface area contributed by atoms with Crippen LogP contribution in [0.25, 0.3) is 0 Å². The van der Waals surface area contributed by atoms with Crippen molar-refractivity contribution in [2.45, 2.75) is 19.9 Å². The van der Waals surface area contributed by atoms with Gasteiger partial charge in [0.05, 0.1) is 17.5 Å². The highest BCUT2D eigenvalue weighted by Gasteiger charge is 2.22. The van der Waals surface area contributed by atoms with Crippen LogP contribution >= 0.6 is 12.2 Å². The highest BCUT2D eigenvalue weighted by molar-refractivity contribution is 7.80. The number of aromatic nitrogens is 2. The minimum Gasteiger partial charge on any atom is -0.393 e. The van der Waals surface area contributed by atoms with Gasteiger partial charge in [0.25, 0.3) is 0 Å². The zero-order valence-corrected chi connectivity index (χ0v) is 12.4. The fraction of sp³-hybridized carbons (Fsp3) is 0.286. The number of benzene rings is 1. The fourth-order valence-corrected chi connectivity index (χ4v) is 2.07. The first kappa shape index (κ1) is 15.1. The van der Waals surface area contributed by atoms with E-state index < -0.39 is 5.92 Å². The Morgan fingerprint density at radius 1 is 1.43 bits per heavy atom. The number of rotatable bonds is 6. The van der Waals surface area contributed by atoms with Crippen LogP contribution in [-0.4, -0.2) is 21.0 Å². The predicted octanol–water partition coefficient (Wildman–Crippen LogP) is 1.14. The summed E-state index contributed by atoms with van der Waals surface area (Å²) in [5.74, 6) is 0.0703. The number of carbonyl (C=O) groups is 1. The van der Waals surface area contributed by atoms with Crippen molar-refractivity contribution in [3.05, 3.63) is 47.6 Å². The maximum absolute atomic E-state index is 12.2. The first-order valence-corrected chi connectivity index (χ1v) is 6.87. The van der Waals surface area contributed by atoms with Gasteiger partial charge in [0, 0.05) is 6.92 Å². The summed E-state index contributed by atoms with van der Waals surface area (Å²) in [6, 6.07) is 9.60. The minimum absolute atomic E-state index is 0.167. The SMILES string of the molecule is Cc1nc(CNC(=O)C(Cc2ccccc2)C(N)=S)no1. The molecule has 0 bridgehead atoms. The van der Waals surface area contributed by atoms with E-state index in [-0.39, 0.29) is 17.4 Å². The molecule has 7 heteroatoms. The van der Waals surface area contributed by atoms with Crippen LogP contribution in [0.2, 0.25) is 0 Å². The Morgan fingerprint density at radius 3 is 2.71 bits per heavy atom. The fourth-order valence-electron chi connectivity index (χ4n) is 1.87. The van der Waals surface area contributed by atoms with E-state index in [1.165, 1.54) is 0 Å². The van der Waals surface area contributed by atoms with Crippen molar-refractivity contribution < 1.29 is 9.32 Å². The number of nitrogens with two attached hydrogens (primary N) is 1. The lowest BCUT2D eigenvalue weighted by atomic mass is 9.98. The van der Waals surface area contributed by atoms with Crippen LogP contribution in [-0.2, 0) is 17.8 Å². The molecular weight excluding hydrogens is 288 g/mol. The number of carbonyl (C=O) groups excluding carboxylic acids is 1. The molecule has 0 saturated heterocycles. The molecule has 2 rings (SSSR count). The standard InChI is InChI=1S/C14H16N4O2S/c1-9-17-12(18-20-9)8-16-14(19)11(13(15)21)7-10-5-3-2-4-6-10/h2-6,11H,7-8H2,1H3,(H2,15,21)(H,16,19). The molecule has 0 radical (unpaired) electrons. The third kappa shape index (κ3) is 4.35. The quantitative estimate of drug-likeness (QED) is 0.777. The second-order valence-corrected chi connectivity index (χ2v) is 5.06. The number of nitrogens with one attached hydrogen (secondary N) is 1. The summed E-state index contributed by atoms with van der Waals surface area (Å²) < 4.78 is 4.84. The molecule has 3 N–H and O–H groups in total. The molecule has 0 aliphatic carbocycles. The Hall–Kier alpha value is -2.28. The number of aryl methyl sites for hydroxylation is 1. The van der Waals surface area contributed by atoms with Gasteiger partial charge in [0.15, 0.2) is 5.82 Å². The summed E-state index contributed by atoms with van der Waals surface area (Å²) in [6.07, 6.45) is 0.466. The van der Waals surface area contributed by atoms with Crippen LogP contribution in [0.3, 0.4) is 0 Å². The van der Waals surface area contributed by atoms with E-state index in [0.717, 1.165) is 5.56 Å². The Labute approximate surface area is 127 Å². The second kappa shape index (κ2) is 6.94. The first-order chi connectivity index (χ1) is 10.1. The lowest BCUT2D eigenvalue weighted by Crippen LogP contribution is -2.39. The lowest BCUT2D eigenvalue weighted by Gasteiger charge is -2.14. The molecule has 2 aromatic rings. The predicted molar refractivity (Wildman–Crippen MR) is 81.3 cm³/mol. The molecule has 1 amide bonds. The van der Waals surface area contributed by atoms with Crippen molar-refractivity contribution in [3.63, 3.8) is 0 Å². The molecule has 0 spiro atoms. The van der Waals surface area contributed by atoms with E-state index in [1.54, 1.807) is 6.92 Å². The molecule has 0 aliphatic heterocycles. The molecule has 21 heavy (non-hydrogen) atoms. The molecular formula is C14H16N4O2S. The second-order valence-electron chi connectivity index (χ2n) is 4.59. The minimum atomic E-state index is -0.560. The van der Waals surface area contributed by atoms with Gasteiger partial charge < -0.3 is 15.6 Å². The monoisotopic (exact) mass is 304 g/mol. The van der Waals surface area contributed by atoms with E-state index in [4.69, 9.17) is 22.5 Å². The van der Waals surface area contributed by atoms with Crippen molar-refractivity contribution in [2.24, 2.45) is 11.7 Å². The Kier molecular flexibility index (Phi) is 4.99. The van der Waals surface area contributed by atoms with Crippen molar-refractivity contribution >= 4 is 23.1 Å². The lowest BCUT2D eigenvalue weighted by molar-refractivity contribution is -0.123.